The second kappa shape index (κ2) is 3.87. The summed E-state index contributed by atoms with van der Waals surface area (Å²) in [6, 6.07) is 0.0706. The van der Waals surface area contributed by atoms with Crippen molar-refractivity contribution in [2.75, 3.05) is 0 Å². The predicted octanol–water partition coefficient (Wildman–Crippen LogP) is 3.02. The zero-order chi connectivity index (χ0) is 9.14. The highest BCUT2D eigenvalue weighted by Crippen LogP contribution is 2.21. The van der Waals surface area contributed by atoms with E-state index in [9.17, 15) is 0 Å². The van der Waals surface area contributed by atoms with E-state index in [-0.39, 0.29) is 6.04 Å². The Morgan fingerprint density at radius 2 is 2.17 bits per heavy atom. The number of hydrogen-bond acceptors (Lipinski definition) is 2. The van der Waals surface area contributed by atoms with Gasteiger partial charge in [0.2, 0.25) is 0 Å². The Hall–Kier alpha value is -0.600. The molecule has 0 fully saturated rings. The molecule has 2 heteroatoms. The van der Waals surface area contributed by atoms with Crippen LogP contribution in [0.2, 0.25) is 0 Å². The fraction of sp³-hybridized carbons (Fsp3) is 0.400. The molecule has 1 atom stereocenters. The molecular weight excluding hydrogens is 166 g/mol. The van der Waals surface area contributed by atoms with E-state index in [0.717, 1.165) is 0 Å². The molecule has 0 aromatic carbocycles. The van der Waals surface area contributed by atoms with E-state index in [1.165, 1.54) is 16.7 Å². The molecule has 0 aliphatic carbocycles. The number of hydrogen-bond donors (Lipinski definition) is 1. The van der Waals surface area contributed by atoms with Crippen LogP contribution < -0.4 is 5.73 Å². The van der Waals surface area contributed by atoms with Crippen LogP contribution in [0.3, 0.4) is 0 Å². The topological polar surface area (TPSA) is 26.0 Å². The molecule has 0 aliphatic heterocycles. The molecule has 1 heterocycles. The van der Waals surface area contributed by atoms with Crippen molar-refractivity contribution in [3.63, 3.8) is 0 Å². The molecular formula is C10H15NS. The Bertz CT molecular complexity index is 282. The molecule has 1 rings (SSSR count). The first kappa shape index (κ1) is 9.49. The Morgan fingerprint density at radius 1 is 1.50 bits per heavy atom. The van der Waals surface area contributed by atoms with Crippen molar-refractivity contribution >= 4 is 11.3 Å². The number of nitrogens with two attached hydrogens (primary N) is 1. The molecule has 1 aromatic heterocycles. The molecule has 66 valence electrons. The fourth-order valence-corrected chi connectivity index (χ4v) is 2.06. The van der Waals surface area contributed by atoms with E-state index < -0.39 is 0 Å². The van der Waals surface area contributed by atoms with Gasteiger partial charge in [-0.05, 0) is 42.7 Å². The van der Waals surface area contributed by atoms with Crippen LogP contribution in [-0.2, 0) is 0 Å². The van der Waals surface area contributed by atoms with Crippen LogP contribution in [0, 0.1) is 6.92 Å². The minimum atomic E-state index is 0.0706. The Morgan fingerprint density at radius 3 is 2.58 bits per heavy atom. The number of allylic oxidation sites excluding steroid dienone is 1. The van der Waals surface area contributed by atoms with Gasteiger partial charge < -0.3 is 5.73 Å². The van der Waals surface area contributed by atoms with Gasteiger partial charge >= 0.3 is 0 Å². The maximum absolute atomic E-state index is 5.97. The molecule has 12 heavy (non-hydrogen) atoms. The molecule has 0 bridgehead atoms. The summed E-state index contributed by atoms with van der Waals surface area (Å²) >= 11 is 1.71. The molecule has 0 radical (unpaired) electrons. The molecule has 0 spiro atoms. The van der Waals surface area contributed by atoms with E-state index in [1.54, 1.807) is 11.3 Å². The lowest BCUT2D eigenvalue weighted by Gasteiger charge is -2.06. The summed E-state index contributed by atoms with van der Waals surface area (Å²) in [6.07, 6.45) is 2.09. The van der Waals surface area contributed by atoms with Gasteiger partial charge in [0.15, 0.2) is 0 Å². The molecule has 0 saturated carbocycles. The van der Waals surface area contributed by atoms with Gasteiger partial charge in [-0.1, -0.05) is 11.6 Å². The van der Waals surface area contributed by atoms with Crippen molar-refractivity contribution in [3.05, 3.63) is 33.5 Å². The normalized spacial score (nSPS) is 12.7. The molecule has 0 amide bonds. The summed E-state index contributed by atoms with van der Waals surface area (Å²) in [5.74, 6) is 0. The van der Waals surface area contributed by atoms with Crippen molar-refractivity contribution in [1.29, 1.82) is 0 Å². The first-order valence-corrected chi connectivity index (χ1v) is 4.99. The van der Waals surface area contributed by atoms with Crippen molar-refractivity contribution < 1.29 is 0 Å². The third-order valence-electron chi connectivity index (χ3n) is 1.77. The zero-order valence-electron chi connectivity index (χ0n) is 7.79. The van der Waals surface area contributed by atoms with Crippen LogP contribution >= 0.6 is 11.3 Å². The number of aryl methyl sites for hydroxylation is 1. The average molecular weight is 181 g/mol. The van der Waals surface area contributed by atoms with E-state index in [1.807, 2.05) is 0 Å². The third kappa shape index (κ3) is 2.19. The van der Waals surface area contributed by atoms with Gasteiger partial charge in [0.25, 0.3) is 0 Å². The van der Waals surface area contributed by atoms with Crippen LogP contribution in [0.15, 0.2) is 22.4 Å². The Labute approximate surface area is 77.9 Å². The minimum absolute atomic E-state index is 0.0706. The maximum atomic E-state index is 5.97. The highest BCUT2D eigenvalue weighted by atomic mass is 32.1. The van der Waals surface area contributed by atoms with Crippen LogP contribution in [0.4, 0.5) is 0 Å². The van der Waals surface area contributed by atoms with E-state index >= 15 is 0 Å². The molecule has 0 aliphatic rings. The Kier molecular flexibility index (Phi) is 3.06. The molecule has 1 aromatic rings. The summed E-state index contributed by atoms with van der Waals surface area (Å²) < 4.78 is 0. The second-order valence-corrected chi connectivity index (χ2v) is 4.02. The highest BCUT2D eigenvalue weighted by Gasteiger charge is 2.05. The van der Waals surface area contributed by atoms with Crippen LogP contribution in [0.1, 0.15) is 31.0 Å². The quantitative estimate of drug-likeness (QED) is 0.697. The van der Waals surface area contributed by atoms with Crippen molar-refractivity contribution in [3.8, 4) is 0 Å². The van der Waals surface area contributed by atoms with Crippen molar-refractivity contribution in [2.24, 2.45) is 5.73 Å². The fourth-order valence-electron chi connectivity index (χ4n) is 1.16. The van der Waals surface area contributed by atoms with Gasteiger partial charge in [-0.3, -0.25) is 0 Å². The van der Waals surface area contributed by atoms with Gasteiger partial charge in [-0.2, -0.15) is 11.3 Å². The SMILES string of the molecule is CC(C)=CC(N)c1cscc1C. The second-order valence-electron chi connectivity index (χ2n) is 3.28. The summed E-state index contributed by atoms with van der Waals surface area (Å²) in [7, 11) is 0. The minimum Gasteiger partial charge on any atom is -0.321 e. The van der Waals surface area contributed by atoms with Crippen LogP contribution in [0.5, 0.6) is 0 Å². The summed E-state index contributed by atoms with van der Waals surface area (Å²) in [5.41, 5.74) is 9.79. The molecule has 2 N–H and O–H groups in total. The lowest BCUT2D eigenvalue weighted by atomic mass is 10.1. The maximum Gasteiger partial charge on any atom is 0.0494 e. The van der Waals surface area contributed by atoms with E-state index in [2.05, 4.69) is 37.6 Å². The number of rotatable bonds is 2. The van der Waals surface area contributed by atoms with Gasteiger partial charge in [-0.25, -0.2) is 0 Å². The average Bonchev–Trinajstić information content (AvgIpc) is 2.33. The Balaban J connectivity index is 2.85. The van der Waals surface area contributed by atoms with E-state index in [0.29, 0.717) is 0 Å². The van der Waals surface area contributed by atoms with Crippen molar-refractivity contribution in [1.82, 2.24) is 0 Å². The van der Waals surface area contributed by atoms with Gasteiger partial charge in [0.1, 0.15) is 0 Å². The van der Waals surface area contributed by atoms with E-state index in [4.69, 9.17) is 5.73 Å². The lowest BCUT2D eigenvalue weighted by Crippen LogP contribution is -2.07. The smallest absolute Gasteiger partial charge is 0.0494 e. The first-order valence-electron chi connectivity index (χ1n) is 4.04. The highest BCUT2D eigenvalue weighted by molar-refractivity contribution is 7.08. The first-order chi connectivity index (χ1) is 5.61. The summed E-state index contributed by atoms with van der Waals surface area (Å²) in [6.45, 7) is 6.24. The molecule has 1 unspecified atom stereocenters. The molecule has 1 nitrogen and oxygen atoms in total. The number of thiophene rings is 1. The zero-order valence-corrected chi connectivity index (χ0v) is 8.61. The summed E-state index contributed by atoms with van der Waals surface area (Å²) in [4.78, 5) is 0. The van der Waals surface area contributed by atoms with Crippen molar-refractivity contribution in [2.45, 2.75) is 26.8 Å². The van der Waals surface area contributed by atoms with Gasteiger partial charge in [0, 0.05) is 6.04 Å². The van der Waals surface area contributed by atoms with Crippen LogP contribution in [0.25, 0.3) is 0 Å². The monoisotopic (exact) mass is 181 g/mol. The molecule has 0 saturated heterocycles. The van der Waals surface area contributed by atoms with Gasteiger partial charge in [-0.15, -0.1) is 0 Å². The summed E-state index contributed by atoms with van der Waals surface area (Å²) in [5, 5.41) is 4.26. The predicted molar refractivity (Wildman–Crippen MR) is 55.4 cm³/mol. The van der Waals surface area contributed by atoms with Crippen LogP contribution in [-0.4, -0.2) is 0 Å². The third-order valence-corrected chi connectivity index (χ3v) is 2.65. The lowest BCUT2D eigenvalue weighted by molar-refractivity contribution is 0.895. The largest absolute Gasteiger partial charge is 0.321 e. The van der Waals surface area contributed by atoms with Gasteiger partial charge in [0.05, 0.1) is 0 Å². The standard InChI is InChI=1S/C10H15NS/c1-7(2)4-10(11)9-6-12-5-8(9)3/h4-6,10H,11H2,1-3H3.